The largest absolute Gasteiger partial charge is 0.497 e. The molecule has 1 aromatic heterocycles. The summed E-state index contributed by atoms with van der Waals surface area (Å²) in [5.41, 5.74) is 1.78. The Morgan fingerprint density at radius 2 is 2.24 bits per heavy atom. The molecule has 114 valence electrons. The maximum absolute atomic E-state index is 12.2. The molecule has 1 saturated heterocycles. The molecule has 21 heavy (non-hydrogen) atoms. The van der Waals surface area contributed by atoms with Gasteiger partial charge >= 0.3 is 5.69 Å². The van der Waals surface area contributed by atoms with Crippen LogP contribution in [0.2, 0.25) is 0 Å². The van der Waals surface area contributed by atoms with E-state index in [4.69, 9.17) is 4.74 Å². The minimum Gasteiger partial charge on any atom is -0.497 e. The number of H-pyrrole nitrogens is 1. The summed E-state index contributed by atoms with van der Waals surface area (Å²) in [4.78, 5) is 17.6. The van der Waals surface area contributed by atoms with E-state index in [-0.39, 0.29) is 5.69 Å². The van der Waals surface area contributed by atoms with Crippen molar-refractivity contribution in [3.8, 4) is 5.75 Å². The molecular weight excluding hydrogens is 266 g/mol. The molecule has 2 aromatic rings. The summed E-state index contributed by atoms with van der Waals surface area (Å²) in [6.45, 7) is 7.43. The van der Waals surface area contributed by atoms with Gasteiger partial charge in [-0.25, -0.2) is 4.79 Å². The molecule has 1 aliphatic rings. The van der Waals surface area contributed by atoms with Crippen LogP contribution in [0.1, 0.15) is 20.3 Å². The molecule has 1 N–H and O–H groups in total. The highest BCUT2D eigenvalue weighted by molar-refractivity contribution is 5.77. The summed E-state index contributed by atoms with van der Waals surface area (Å²) < 4.78 is 7.12. The van der Waals surface area contributed by atoms with Gasteiger partial charge in [0.2, 0.25) is 0 Å². The topological polar surface area (TPSA) is 50.3 Å². The maximum Gasteiger partial charge on any atom is 0.326 e. The first kappa shape index (κ1) is 14.2. The number of hydrogen-bond acceptors (Lipinski definition) is 3. The molecule has 0 amide bonds. The van der Waals surface area contributed by atoms with Crippen LogP contribution >= 0.6 is 0 Å². The number of hydrogen-bond donors (Lipinski definition) is 1. The lowest BCUT2D eigenvalue weighted by molar-refractivity contribution is 0.261. The van der Waals surface area contributed by atoms with Crippen molar-refractivity contribution < 1.29 is 4.74 Å². The summed E-state index contributed by atoms with van der Waals surface area (Å²) in [5, 5.41) is 0. The number of rotatable bonds is 4. The number of benzene rings is 1. The first-order valence-electron chi connectivity index (χ1n) is 7.59. The number of aromatic amines is 1. The number of nitrogens with zero attached hydrogens (tertiary/aromatic N) is 2. The molecule has 1 unspecified atom stereocenters. The third-order valence-corrected chi connectivity index (χ3v) is 4.47. The van der Waals surface area contributed by atoms with Gasteiger partial charge in [-0.1, -0.05) is 0 Å². The lowest BCUT2D eigenvalue weighted by Crippen LogP contribution is -2.29. The molecular formula is C16H23N3O2. The van der Waals surface area contributed by atoms with Gasteiger partial charge < -0.3 is 14.6 Å². The predicted octanol–water partition coefficient (Wildman–Crippen LogP) is 2.07. The van der Waals surface area contributed by atoms with Crippen LogP contribution < -0.4 is 10.4 Å². The second-order valence-corrected chi connectivity index (χ2v) is 6.17. The molecule has 5 heteroatoms. The van der Waals surface area contributed by atoms with Gasteiger partial charge in [-0.3, -0.25) is 4.57 Å². The number of likely N-dealkylation sites (tertiary alicyclic amines) is 1. The quantitative estimate of drug-likeness (QED) is 0.937. The fourth-order valence-corrected chi connectivity index (χ4v) is 3.18. The molecule has 5 nitrogen and oxygen atoms in total. The summed E-state index contributed by atoms with van der Waals surface area (Å²) in [5.74, 6) is 1.32. The third kappa shape index (κ3) is 2.70. The van der Waals surface area contributed by atoms with Gasteiger partial charge in [0.15, 0.2) is 0 Å². The van der Waals surface area contributed by atoms with Gasteiger partial charge in [-0.2, -0.15) is 0 Å². The van der Waals surface area contributed by atoms with Crippen molar-refractivity contribution in [3.05, 3.63) is 28.7 Å². The summed E-state index contributed by atoms with van der Waals surface area (Å²) in [6, 6.07) is 6.29. The van der Waals surface area contributed by atoms with E-state index in [2.05, 4.69) is 23.7 Å². The van der Waals surface area contributed by atoms with Crippen molar-refractivity contribution in [3.63, 3.8) is 0 Å². The van der Waals surface area contributed by atoms with E-state index >= 15 is 0 Å². The zero-order chi connectivity index (χ0) is 15.0. The fourth-order valence-electron chi connectivity index (χ4n) is 3.18. The number of imidazole rings is 1. The Balaban J connectivity index is 1.87. The summed E-state index contributed by atoms with van der Waals surface area (Å²) in [6.07, 6.45) is 1.15. The second kappa shape index (κ2) is 5.56. The van der Waals surface area contributed by atoms with Crippen LogP contribution in [0.5, 0.6) is 5.75 Å². The van der Waals surface area contributed by atoms with E-state index in [9.17, 15) is 4.79 Å². The van der Waals surface area contributed by atoms with Crippen LogP contribution in [0, 0.1) is 5.92 Å². The predicted molar refractivity (Wildman–Crippen MR) is 83.9 cm³/mol. The monoisotopic (exact) mass is 289 g/mol. The van der Waals surface area contributed by atoms with Crippen molar-refractivity contribution >= 4 is 11.0 Å². The Morgan fingerprint density at radius 1 is 1.43 bits per heavy atom. The van der Waals surface area contributed by atoms with E-state index in [1.165, 1.54) is 0 Å². The molecule has 1 aromatic carbocycles. The number of ether oxygens (including phenoxy) is 1. The Kier molecular flexibility index (Phi) is 3.76. The van der Waals surface area contributed by atoms with E-state index in [0.717, 1.165) is 42.8 Å². The molecule has 0 saturated carbocycles. The van der Waals surface area contributed by atoms with E-state index in [0.29, 0.717) is 12.0 Å². The smallest absolute Gasteiger partial charge is 0.326 e. The van der Waals surface area contributed by atoms with Crippen molar-refractivity contribution in [1.29, 1.82) is 0 Å². The first-order valence-corrected chi connectivity index (χ1v) is 7.59. The number of fused-ring (bicyclic) bond motifs is 1. The molecule has 2 heterocycles. The van der Waals surface area contributed by atoms with Crippen LogP contribution in [0.15, 0.2) is 23.0 Å². The molecule has 1 aliphatic heterocycles. The van der Waals surface area contributed by atoms with Gasteiger partial charge in [-0.05, 0) is 44.9 Å². The van der Waals surface area contributed by atoms with Crippen molar-refractivity contribution in [2.24, 2.45) is 5.92 Å². The van der Waals surface area contributed by atoms with Crippen LogP contribution in [-0.4, -0.2) is 40.7 Å². The Morgan fingerprint density at radius 3 is 2.90 bits per heavy atom. The van der Waals surface area contributed by atoms with E-state index in [1.807, 2.05) is 22.8 Å². The molecule has 0 radical (unpaired) electrons. The van der Waals surface area contributed by atoms with E-state index in [1.54, 1.807) is 7.11 Å². The van der Waals surface area contributed by atoms with Crippen molar-refractivity contribution in [1.82, 2.24) is 14.5 Å². The average molecular weight is 289 g/mol. The third-order valence-electron chi connectivity index (χ3n) is 4.47. The molecule has 1 atom stereocenters. The Bertz CT molecular complexity index is 686. The highest BCUT2D eigenvalue weighted by Crippen LogP contribution is 2.23. The fraction of sp³-hybridized carbons (Fsp3) is 0.562. The highest BCUT2D eigenvalue weighted by atomic mass is 16.5. The number of aromatic nitrogens is 2. The average Bonchev–Trinajstić information content (AvgIpc) is 3.05. The van der Waals surface area contributed by atoms with Crippen LogP contribution in [0.25, 0.3) is 11.0 Å². The minimum absolute atomic E-state index is 0.0266. The van der Waals surface area contributed by atoms with Crippen LogP contribution in [0.4, 0.5) is 0 Å². The Labute approximate surface area is 124 Å². The van der Waals surface area contributed by atoms with Gasteiger partial charge in [-0.15, -0.1) is 0 Å². The standard InChI is InChI=1S/C16H23N3O2/c1-11(2)18-7-6-12(9-18)10-19-15-8-13(21-3)4-5-14(15)17-16(19)20/h4-5,8,11-12H,6-7,9-10H2,1-3H3,(H,17,20). The molecule has 0 bridgehead atoms. The maximum atomic E-state index is 12.2. The summed E-state index contributed by atoms with van der Waals surface area (Å²) >= 11 is 0. The number of nitrogens with one attached hydrogen (secondary N) is 1. The van der Waals surface area contributed by atoms with Gasteiger partial charge in [0.05, 0.1) is 18.1 Å². The first-order chi connectivity index (χ1) is 10.1. The molecule has 1 fully saturated rings. The van der Waals surface area contributed by atoms with Crippen LogP contribution in [-0.2, 0) is 6.54 Å². The highest BCUT2D eigenvalue weighted by Gasteiger charge is 2.25. The van der Waals surface area contributed by atoms with Gasteiger partial charge in [0.25, 0.3) is 0 Å². The van der Waals surface area contributed by atoms with Crippen molar-refractivity contribution in [2.75, 3.05) is 20.2 Å². The van der Waals surface area contributed by atoms with E-state index < -0.39 is 0 Å². The second-order valence-electron chi connectivity index (χ2n) is 6.17. The zero-order valence-corrected chi connectivity index (χ0v) is 12.9. The number of methoxy groups -OCH3 is 1. The SMILES string of the molecule is COc1ccc2[nH]c(=O)n(CC3CCN(C(C)C)C3)c2c1. The van der Waals surface area contributed by atoms with Gasteiger partial charge in [0.1, 0.15) is 5.75 Å². The lowest BCUT2D eigenvalue weighted by atomic mass is 10.1. The lowest BCUT2D eigenvalue weighted by Gasteiger charge is -2.20. The molecule has 3 rings (SSSR count). The van der Waals surface area contributed by atoms with Crippen molar-refractivity contribution in [2.45, 2.75) is 32.9 Å². The van der Waals surface area contributed by atoms with Crippen LogP contribution in [0.3, 0.4) is 0 Å². The zero-order valence-electron chi connectivity index (χ0n) is 12.9. The summed E-state index contributed by atoms with van der Waals surface area (Å²) in [7, 11) is 1.65. The minimum atomic E-state index is -0.0266. The molecule has 0 spiro atoms. The molecule has 0 aliphatic carbocycles. The van der Waals surface area contributed by atoms with Gasteiger partial charge in [0, 0.05) is 25.2 Å². The normalized spacial score (nSPS) is 19.7. The Hall–Kier alpha value is -1.75.